The maximum Gasteiger partial charge on any atom is 0.211 e. The smallest absolute Gasteiger partial charge is 0.211 e. The number of aliphatic hydroxyl groups excluding tert-OH is 1. The number of hydrogen-bond acceptors (Lipinski definition) is 6. The van der Waals surface area contributed by atoms with E-state index in [9.17, 15) is 9.90 Å². The number of halogens is 2. The summed E-state index contributed by atoms with van der Waals surface area (Å²) >= 11 is 11.7. The van der Waals surface area contributed by atoms with Gasteiger partial charge in [0.15, 0.2) is 6.29 Å². The molecule has 0 aliphatic heterocycles. The number of aryl methyl sites for hydroxylation is 1. The first-order chi connectivity index (χ1) is 12.3. The first kappa shape index (κ1) is 21.4. The third kappa shape index (κ3) is 5.99. The van der Waals surface area contributed by atoms with Crippen molar-refractivity contribution in [3.8, 4) is 5.75 Å². The highest BCUT2D eigenvalue weighted by molar-refractivity contribution is 6.38. The number of carbonyl (C=O) groups excluding carboxylic acids is 1. The lowest BCUT2D eigenvalue weighted by Crippen LogP contribution is -2.21. The van der Waals surface area contributed by atoms with Crippen LogP contribution in [0.15, 0.2) is 34.6 Å². The highest BCUT2D eigenvalue weighted by Gasteiger charge is 2.09. The molecule has 1 heterocycles. The molecule has 0 unspecified atom stereocenters. The summed E-state index contributed by atoms with van der Waals surface area (Å²) in [6, 6.07) is 5.14. The number of hydrogen-bond donors (Lipinski definition) is 4. The molecule has 2 rings (SSSR count). The largest absolute Gasteiger partial charge is 0.505 e. The van der Waals surface area contributed by atoms with Gasteiger partial charge >= 0.3 is 0 Å². The van der Waals surface area contributed by atoms with E-state index in [4.69, 9.17) is 39.8 Å². The third-order valence-electron chi connectivity index (χ3n) is 3.01. The molecule has 0 atom stereocenters. The van der Waals surface area contributed by atoms with Crippen molar-refractivity contribution in [3.05, 3.63) is 56.8 Å². The first-order valence-electron chi connectivity index (χ1n) is 7.11. The van der Waals surface area contributed by atoms with Crippen LogP contribution in [0, 0.1) is 6.92 Å². The molecule has 0 fully saturated rings. The molecule has 0 saturated carbocycles. The van der Waals surface area contributed by atoms with Gasteiger partial charge in [0.05, 0.1) is 34.1 Å². The molecular weight excluding hydrogens is 381 g/mol. The number of benzene rings is 1. The van der Waals surface area contributed by atoms with Gasteiger partial charge in [-0.2, -0.15) is 5.10 Å². The van der Waals surface area contributed by atoms with Crippen LogP contribution < -0.4 is 11.5 Å². The molecule has 1 aromatic carbocycles. The Kier molecular flexibility index (Phi) is 8.50. The average Bonchev–Trinajstić information content (AvgIpc) is 2.60. The maximum absolute atomic E-state index is 10.5. The van der Waals surface area contributed by atoms with Crippen molar-refractivity contribution in [1.82, 2.24) is 4.98 Å². The van der Waals surface area contributed by atoms with Gasteiger partial charge in [0, 0.05) is 17.3 Å². The van der Waals surface area contributed by atoms with Gasteiger partial charge in [-0.15, -0.1) is 5.10 Å². The van der Waals surface area contributed by atoms with Crippen LogP contribution in [0.3, 0.4) is 0 Å². The Labute approximate surface area is 159 Å². The Morgan fingerprint density at radius 3 is 2.38 bits per heavy atom. The quantitative estimate of drug-likeness (QED) is 0.268. The Morgan fingerprint density at radius 2 is 1.88 bits per heavy atom. The van der Waals surface area contributed by atoms with E-state index < -0.39 is 0 Å². The van der Waals surface area contributed by atoms with Gasteiger partial charge in [-0.05, 0) is 19.1 Å². The van der Waals surface area contributed by atoms with Gasteiger partial charge in [0.2, 0.25) is 5.96 Å². The Balaban J connectivity index is 0.000000263. The lowest BCUT2D eigenvalue weighted by Gasteiger charge is -2.04. The van der Waals surface area contributed by atoms with Gasteiger partial charge in [0.1, 0.15) is 5.75 Å². The van der Waals surface area contributed by atoms with Crippen molar-refractivity contribution in [2.24, 2.45) is 21.7 Å². The van der Waals surface area contributed by atoms with Crippen molar-refractivity contribution >= 4 is 41.7 Å². The topological polar surface area (TPSA) is 147 Å². The summed E-state index contributed by atoms with van der Waals surface area (Å²) in [5.41, 5.74) is 11.6. The molecule has 0 spiro atoms. The molecule has 0 amide bonds. The molecule has 0 aliphatic rings. The average molecular weight is 398 g/mol. The number of aromatic nitrogens is 1. The van der Waals surface area contributed by atoms with Gasteiger partial charge in [-0.3, -0.25) is 9.78 Å². The van der Waals surface area contributed by atoms with Crippen LogP contribution >= 0.6 is 23.2 Å². The molecule has 0 bridgehead atoms. The Morgan fingerprint density at radius 1 is 1.27 bits per heavy atom. The Bertz CT molecular complexity index is 817. The van der Waals surface area contributed by atoms with E-state index in [-0.39, 0.29) is 23.9 Å². The molecule has 8 nitrogen and oxygen atoms in total. The zero-order chi connectivity index (χ0) is 19.7. The number of rotatable bonds is 4. The van der Waals surface area contributed by atoms with Crippen LogP contribution in [-0.4, -0.2) is 33.7 Å². The minimum absolute atomic E-state index is 0.116. The number of aliphatic hydroxyl groups is 1. The van der Waals surface area contributed by atoms with E-state index in [1.807, 2.05) is 0 Å². The van der Waals surface area contributed by atoms with Crippen LogP contribution in [-0.2, 0) is 6.61 Å². The number of nitrogens with zero attached hydrogens (tertiary/aromatic N) is 3. The number of pyridine rings is 1. The highest BCUT2D eigenvalue weighted by Crippen LogP contribution is 2.22. The second-order valence-electron chi connectivity index (χ2n) is 4.81. The minimum Gasteiger partial charge on any atom is -0.505 e. The van der Waals surface area contributed by atoms with Crippen LogP contribution in [0.2, 0.25) is 10.0 Å². The summed E-state index contributed by atoms with van der Waals surface area (Å²) in [7, 11) is 0. The number of nitrogens with two attached hydrogens (primary N) is 2. The van der Waals surface area contributed by atoms with Crippen molar-refractivity contribution in [2.45, 2.75) is 13.5 Å². The second kappa shape index (κ2) is 10.3. The van der Waals surface area contributed by atoms with E-state index in [0.29, 0.717) is 33.2 Å². The van der Waals surface area contributed by atoms with Gasteiger partial charge in [0.25, 0.3) is 0 Å². The third-order valence-corrected chi connectivity index (χ3v) is 3.66. The summed E-state index contributed by atoms with van der Waals surface area (Å²) in [6.45, 7) is 1.29. The predicted octanol–water partition coefficient (Wildman–Crippen LogP) is 2.00. The lowest BCUT2D eigenvalue weighted by molar-refractivity contribution is 0.111. The monoisotopic (exact) mass is 397 g/mol. The molecular formula is C16H17Cl2N5O3. The summed E-state index contributed by atoms with van der Waals surface area (Å²) < 4.78 is 0. The first-order valence-corrected chi connectivity index (χ1v) is 7.86. The molecule has 1 aromatic heterocycles. The zero-order valence-electron chi connectivity index (χ0n) is 13.7. The van der Waals surface area contributed by atoms with E-state index in [1.165, 1.54) is 12.4 Å². The van der Waals surface area contributed by atoms with Crippen molar-refractivity contribution in [1.29, 1.82) is 0 Å². The van der Waals surface area contributed by atoms with E-state index >= 15 is 0 Å². The molecule has 6 N–H and O–H groups in total. The number of carbonyl (C=O) groups is 1. The minimum atomic E-state index is -0.297. The SMILES string of the molecule is Cc1ncc(CO)c(C=O)c1O.NC(N)=NN=Cc1c(Cl)cccc1Cl. The summed E-state index contributed by atoms with van der Waals surface area (Å²) in [5, 5.41) is 26.1. The molecule has 0 saturated heterocycles. The van der Waals surface area contributed by atoms with Gasteiger partial charge in [-0.1, -0.05) is 29.3 Å². The summed E-state index contributed by atoms with van der Waals surface area (Å²) in [6.07, 6.45) is 3.28. The van der Waals surface area contributed by atoms with Crippen LogP contribution in [0.25, 0.3) is 0 Å². The van der Waals surface area contributed by atoms with Crippen LogP contribution in [0.1, 0.15) is 27.2 Å². The predicted molar refractivity (Wildman–Crippen MR) is 102 cm³/mol. The summed E-state index contributed by atoms with van der Waals surface area (Å²) in [4.78, 5) is 14.2. The van der Waals surface area contributed by atoms with E-state index in [0.717, 1.165) is 0 Å². The van der Waals surface area contributed by atoms with Crippen LogP contribution in [0.5, 0.6) is 5.75 Å². The fraction of sp³-hybridized carbons (Fsp3) is 0.125. The molecule has 10 heteroatoms. The second-order valence-corrected chi connectivity index (χ2v) is 5.63. The lowest BCUT2D eigenvalue weighted by atomic mass is 10.1. The Hall–Kier alpha value is -2.68. The van der Waals surface area contributed by atoms with Gasteiger partial charge in [-0.25, -0.2) is 0 Å². The van der Waals surface area contributed by atoms with E-state index in [2.05, 4.69) is 15.2 Å². The standard InChI is InChI=1S/C8H8Cl2N4.C8H9NO3/c9-6-2-1-3-7(10)5(6)4-13-14-8(11)12;1-5-8(12)7(4-11)6(3-10)2-9-5/h1-4H,(H4,11,12,14);2,4,10,12H,3H2,1H3. The van der Waals surface area contributed by atoms with Crippen molar-refractivity contribution in [2.75, 3.05) is 0 Å². The molecule has 0 aliphatic carbocycles. The fourth-order valence-corrected chi connectivity index (χ4v) is 2.19. The zero-order valence-corrected chi connectivity index (χ0v) is 15.2. The normalized spacial score (nSPS) is 10.2. The van der Waals surface area contributed by atoms with Crippen LogP contribution in [0.4, 0.5) is 0 Å². The van der Waals surface area contributed by atoms with Crippen molar-refractivity contribution in [3.63, 3.8) is 0 Å². The molecule has 138 valence electrons. The molecule has 0 radical (unpaired) electrons. The van der Waals surface area contributed by atoms with Gasteiger partial charge < -0.3 is 21.7 Å². The molecule has 26 heavy (non-hydrogen) atoms. The number of aromatic hydroxyl groups is 1. The highest BCUT2D eigenvalue weighted by atomic mass is 35.5. The van der Waals surface area contributed by atoms with E-state index in [1.54, 1.807) is 25.1 Å². The fourth-order valence-electron chi connectivity index (χ4n) is 1.70. The number of aldehydes is 1. The maximum atomic E-state index is 10.5. The summed E-state index contributed by atoms with van der Waals surface area (Å²) in [5.74, 6) is -0.277. The van der Waals surface area contributed by atoms with Crippen molar-refractivity contribution < 1.29 is 15.0 Å². The molecule has 2 aromatic rings. The number of guanidine groups is 1.